The fraction of sp³-hybridized carbons (Fsp3) is 0.417. The van der Waals surface area contributed by atoms with Crippen molar-refractivity contribution in [3.8, 4) is 0 Å². The van der Waals surface area contributed by atoms with E-state index < -0.39 is 6.10 Å². The molecule has 86 valence electrons. The van der Waals surface area contributed by atoms with E-state index in [1.165, 1.54) is 0 Å². The maximum Gasteiger partial charge on any atom is 0.261 e. The predicted molar refractivity (Wildman–Crippen MR) is 67.5 cm³/mol. The van der Waals surface area contributed by atoms with E-state index in [9.17, 15) is 5.11 Å². The number of anilines is 1. The molecule has 1 aliphatic heterocycles. The molecule has 0 radical (unpaired) electrons. The number of fused-ring (bicyclic) bond motifs is 1. The van der Waals surface area contributed by atoms with E-state index in [0.29, 0.717) is 5.17 Å². The third-order valence-electron chi connectivity index (χ3n) is 2.66. The van der Waals surface area contributed by atoms with Crippen LogP contribution >= 0.6 is 12.2 Å². The van der Waals surface area contributed by atoms with Gasteiger partial charge in [0.1, 0.15) is 6.10 Å². The van der Waals surface area contributed by atoms with E-state index in [0.717, 1.165) is 23.2 Å². The van der Waals surface area contributed by atoms with Crippen LogP contribution in [0.15, 0.2) is 18.2 Å². The molecule has 1 aromatic carbocycles. The third kappa shape index (κ3) is 2.33. The molecule has 2 atom stereocenters. The minimum absolute atomic E-state index is 0.0606. The number of aliphatic hydroxyl groups excluding tert-OH is 1. The minimum atomic E-state index is -0.447. The maximum atomic E-state index is 9.54. The molecule has 4 heteroatoms. The summed E-state index contributed by atoms with van der Waals surface area (Å²) in [5.41, 5.74) is 3.02. The summed E-state index contributed by atoms with van der Waals surface area (Å²) in [6.07, 6.45) is 0.408. The van der Waals surface area contributed by atoms with Crippen molar-refractivity contribution in [2.75, 3.05) is 5.32 Å². The number of hydrogen-bond acceptors (Lipinski definition) is 3. The van der Waals surface area contributed by atoms with Crippen molar-refractivity contribution >= 4 is 23.1 Å². The number of thiocarbonyl (C=S) groups is 1. The Balaban J connectivity index is 2.38. The van der Waals surface area contributed by atoms with Gasteiger partial charge in [-0.05, 0) is 43.3 Å². The Kier molecular flexibility index (Phi) is 3.12. The second-order valence-corrected chi connectivity index (χ2v) is 4.51. The highest BCUT2D eigenvalue weighted by molar-refractivity contribution is 7.80. The number of hydrogen-bond donors (Lipinski definition) is 2. The van der Waals surface area contributed by atoms with Gasteiger partial charge < -0.3 is 15.2 Å². The zero-order valence-corrected chi connectivity index (χ0v) is 10.2. The van der Waals surface area contributed by atoms with Crippen molar-refractivity contribution in [2.45, 2.75) is 32.5 Å². The summed E-state index contributed by atoms with van der Waals surface area (Å²) in [4.78, 5) is 0. The Morgan fingerprint density at radius 1 is 1.56 bits per heavy atom. The lowest BCUT2D eigenvalue weighted by molar-refractivity contribution is 0.198. The molecule has 0 spiro atoms. The van der Waals surface area contributed by atoms with Gasteiger partial charge in [-0.25, -0.2) is 0 Å². The first-order valence-electron chi connectivity index (χ1n) is 5.35. The molecule has 3 nitrogen and oxygen atoms in total. The maximum absolute atomic E-state index is 9.54. The molecule has 0 amide bonds. The monoisotopic (exact) mass is 237 g/mol. The first-order chi connectivity index (χ1) is 7.56. The van der Waals surface area contributed by atoms with Crippen molar-refractivity contribution < 1.29 is 9.84 Å². The van der Waals surface area contributed by atoms with Gasteiger partial charge in [0.05, 0.1) is 6.10 Å². The lowest BCUT2D eigenvalue weighted by Crippen LogP contribution is -2.16. The van der Waals surface area contributed by atoms with Gasteiger partial charge in [0.25, 0.3) is 5.17 Å². The van der Waals surface area contributed by atoms with E-state index in [1.807, 2.05) is 25.1 Å². The van der Waals surface area contributed by atoms with Crippen LogP contribution in [0.4, 0.5) is 5.69 Å². The van der Waals surface area contributed by atoms with Crippen molar-refractivity contribution in [1.82, 2.24) is 0 Å². The van der Waals surface area contributed by atoms with Gasteiger partial charge in [-0.15, -0.1) is 0 Å². The zero-order valence-electron chi connectivity index (χ0n) is 9.36. The standard InChI is InChI=1S/C12H15NO2S/c1-7-5-10-6-9(8(2)14)3-4-11(10)13-12(16)15-7/h3-4,6-8,14H,5H2,1-2H3,(H,13,16). The topological polar surface area (TPSA) is 41.5 Å². The van der Waals surface area contributed by atoms with Gasteiger partial charge in [0.15, 0.2) is 0 Å². The van der Waals surface area contributed by atoms with Crippen LogP contribution in [-0.4, -0.2) is 16.4 Å². The van der Waals surface area contributed by atoms with Crippen LogP contribution in [0.1, 0.15) is 31.1 Å². The van der Waals surface area contributed by atoms with Gasteiger partial charge in [-0.3, -0.25) is 0 Å². The molecule has 0 aliphatic carbocycles. The third-order valence-corrected chi connectivity index (χ3v) is 2.86. The number of benzene rings is 1. The van der Waals surface area contributed by atoms with E-state index >= 15 is 0 Å². The van der Waals surface area contributed by atoms with Crippen LogP contribution in [0, 0.1) is 0 Å². The molecule has 1 aromatic rings. The number of rotatable bonds is 1. The van der Waals surface area contributed by atoms with Crippen LogP contribution in [0.3, 0.4) is 0 Å². The van der Waals surface area contributed by atoms with E-state index in [4.69, 9.17) is 17.0 Å². The molecule has 1 heterocycles. The smallest absolute Gasteiger partial charge is 0.261 e. The first kappa shape index (κ1) is 11.4. The zero-order chi connectivity index (χ0) is 11.7. The molecule has 0 fully saturated rings. The SMILES string of the molecule is CC1Cc2cc(C(C)O)ccc2NC(=S)O1. The Morgan fingerprint density at radius 3 is 3.00 bits per heavy atom. The van der Waals surface area contributed by atoms with Gasteiger partial charge in [-0.2, -0.15) is 0 Å². The summed E-state index contributed by atoms with van der Waals surface area (Å²) in [6.45, 7) is 3.74. The largest absolute Gasteiger partial charge is 0.467 e. The lowest BCUT2D eigenvalue weighted by Gasteiger charge is -2.11. The Bertz CT molecular complexity index is 417. The number of nitrogens with one attached hydrogen (secondary N) is 1. The van der Waals surface area contributed by atoms with Gasteiger partial charge >= 0.3 is 0 Å². The molecule has 0 saturated heterocycles. The van der Waals surface area contributed by atoms with Crippen LogP contribution in [0.25, 0.3) is 0 Å². The average Bonchev–Trinajstić information content (AvgIpc) is 2.32. The van der Waals surface area contributed by atoms with E-state index in [-0.39, 0.29) is 6.10 Å². The van der Waals surface area contributed by atoms with Crippen LogP contribution < -0.4 is 5.32 Å². The normalized spacial score (nSPS) is 21.4. The molecule has 0 aromatic heterocycles. The molecule has 2 unspecified atom stereocenters. The molecule has 1 aliphatic rings. The van der Waals surface area contributed by atoms with Crippen molar-refractivity contribution in [3.05, 3.63) is 29.3 Å². The summed E-state index contributed by atoms with van der Waals surface area (Å²) in [6, 6.07) is 5.83. The summed E-state index contributed by atoms with van der Waals surface area (Å²) < 4.78 is 5.45. The summed E-state index contributed by atoms with van der Waals surface area (Å²) >= 11 is 5.05. The summed E-state index contributed by atoms with van der Waals surface area (Å²) in [5.74, 6) is 0. The quantitative estimate of drug-likeness (QED) is 0.736. The molecule has 16 heavy (non-hydrogen) atoms. The van der Waals surface area contributed by atoms with Gasteiger partial charge in [0, 0.05) is 12.1 Å². The average molecular weight is 237 g/mol. The fourth-order valence-electron chi connectivity index (χ4n) is 1.84. The number of ether oxygens (including phenoxy) is 1. The number of aliphatic hydroxyl groups is 1. The second-order valence-electron chi connectivity index (χ2n) is 4.14. The van der Waals surface area contributed by atoms with Crippen LogP contribution in [0.5, 0.6) is 0 Å². The molecule has 0 bridgehead atoms. The summed E-state index contributed by atoms with van der Waals surface area (Å²) in [5, 5.41) is 13.0. The Hall–Kier alpha value is -1.13. The highest BCUT2D eigenvalue weighted by Crippen LogP contribution is 2.25. The first-order valence-corrected chi connectivity index (χ1v) is 5.75. The molecular weight excluding hydrogens is 222 g/mol. The molecule has 0 saturated carbocycles. The molecule has 2 rings (SSSR count). The molecule has 2 N–H and O–H groups in total. The lowest BCUT2D eigenvalue weighted by atomic mass is 10.0. The Labute approximate surface area is 100 Å². The Morgan fingerprint density at radius 2 is 2.31 bits per heavy atom. The van der Waals surface area contributed by atoms with E-state index in [1.54, 1.807) is 6.92 Å². The van der Waals surface area contributed by atoms with Crippen LogP contribution in [0.2, 0.25) is 0 Å². The fourth-order valence-corrected chi connectivity index (χ4v) is 2.11. The second kappa shape index (κ2) is 4.39. The van der Waals surface area contributed by atoms with E-state index in [2.05, 4.69) is 5.32 Å². The van der Waals surface area contributed by atoms with Crippen LogP contribution in [-0.2, 0) is 11.2 Å². The van der Waals surface area contributed by atoms with Gasteiger partial charge in [-0.1, -0.05) is 12.1 Å². The molecular formula is C12H15NO2S. The van der Waals surface area contributed by atoms with Crippen molar-refractivity contribution in [1.29, 1.82) is 0 Å². The minimum Gasteiger partial charge on any atom is -0.467 e. The highest BCUT2D eigenvalue weighted by Gasteiger charge is 2.17. The predicted octanol–water partition coefficient (Wildman–Crippen LogP) is 2.40. The summed E-state index contributed by atoms with van der Waals surface area (Å²) in [7, 11) is 0. The van der Waals surface area contributed by atoms with Crippen molar-refractivity contribution in [3.63, 3.8) is 0 Å². The van der Waals surface area contributed by atoms with Gasteiger partial charge in [0.2, 0.25) is 0 Å². The van der Waals surface area contributed by atoms with Crippen molar-refractivity contribution in [2.24, 2.45) is 0 Å². The highest BCUT2D eigenvalue weighted by atomic mass is 32.1.